The summed E-state index contributed by atoms with van der Waals surface area (Å²) in [6.07, 6.45) is 3.34. The van der Waals surface area contributed by atoms with E-state index in [1.54, 1.807) is 24.5 Å². The average molecular weight is 309 g/mol. The van der Waals surface area contributed by atoms with Crippen LogP contribution >= 0.6 is 0 Å². The van der Waals surface area contributed by atoms with Gasteiger partial charge in [0.25, 0.3) is 5.91 Å². The van der Waals surface area contributed by atoms with Gasteiger partial charge in [-0.3, -0.25) is 14.9 Å². The number of aromatic hydroxyl groups is 1. The first-order chi connectivity index (χ1) is 11.1. The second-order valence-corrected chi connectivity index (χ2v) is 5.02. The third kappa shape index (κ3) is 3.34. The number of carbonyl (C=O) groups is 1. The quantitative estimate of drug-likeness (QED) is 0.684. The van der Waals surface area contributed by atoms with Crippen molar-refractivity contribution in [2.24, 2.45) is 0 Å². The smallest absolute Gasteiger partial charge is 0.251 e. The van der Waals surface area contributed by atoms with Crippen LogP contribution in [0.15, 0.2) is 48.8 Å². The Bertz CT molecular complexity index is 799. The summed E-state index contributed by atoms with van der Waals surface area (Å²) >= 11 is 0. The van der Waals surface area contributed by atoms with Crippen LogP contribution in [0.5, 0.6) is 5.75 Å². The van der Waals surface area contributed by atoms with Gasteiger partial charge in [0, 0.05) is 23.5 Å². The summed E-state index contributed by atoms with van der Waals surface area (Å²) in [5.74, 6) is 0.975. The van der Waals surface area contributed by atoms with Gasteiger partial charge in [0.2, 0.25) is 0 Å². The van der Waals surface area contributed by atoms with Crippen LogP contribution in [0.4, 0.5) is 0 Å². The molecular formula is C16H15N5O2. The zero-order valence-electron chi connectivity index (χ0n) is 12.4. The summed E-state index contributed by atoms with van der Waals surface area (Å²) in [6.45, 7) is 1.81. The van der Waals surface area contributed by atoms with E-state index in [2.05, 4.69) is 25.5 Å². The Morgan fingerprint density at radius 2 is 1.87 bits per heavy atom. The largest absolute Gasteiger partial charge is 0.508 e. The molecule has 0 spiro atoms. The standard InChI is InChI=1S/C16H15N5O2/c1-10(18-16(23)12-2-4-13(22)5-3-12)14-19-15(21-20-14)11-6-8-17-9-7-11/h2-10,22H,1H3,(H,18,23)(H,19,20,21)/t10-/m0/s1. The number of rotatable bonds is 4. The number of nitrogens with one attached hydrogen (secondary N) is 2. The van der Waals surface area contributed by atoms with E-state index in [-0.39, 0.29) is 17.7 Å². The molecule has 3 N–H and O–H groups in total. The zero-order chi connectivity index (χ0) is 16.2. The summed E-state index contributed by atoms with van der Waals surface area (Å²) in [6, 6.07) is 9.34. The number of hydrogen-bond donors (Lipinski definition) is 3. The van der Waals surface area contributed by atoms with E-state index in [0.717, 1.165) is 5.56 Å². The summed E-state index contributed by atoms with van der Waals surface area (Å²) < 4.78 is 0. The van der Waals surface area contributed by atoms with Gasteiger partial charge in [-0.1, -0.05) is 0 Å². The molecule has 7 heteroatoms. The van der Waals surface area contributed by atoms with E-state index >= 15 is 0 Å². The molecule has 0 radical (unpaired) electrons. The molecule has 0 aliphatic rings. The number of carbonyl (C=O) groups excluding carboxylic acids is 1. The average Bonchev–Trinajstić information content (AvgIpc) is 3.06. The van der Waals surface area contributed by atoms with Gasteiger partial charge in [-0.05, 0) is 43.3 Å². The molecule has 23 heavy (non-hydrogen) atoms. The number of phenols is 1. The number of phenolic OH excluding ortho intramolecular Hbond substituents is 1. The number of aromatic amines is 1. The van der Waals surface area contributed by atoms with Crippen molar-refractivity contribution in [3.8, 4) is 17.1 Å². The van der Waals surface area contributed by atoms with Crippen LogP contribution in [-0.4, -0.2) is 31.2 Å². The lowest BCUT2D eigenvalue weighted by atomic mass is 10.2. The number of pyridine rings is 1. The van der Waals surface area contributed by atoms with Gasteiger partial charge in [-0.2, -0.15) is 5.10 Å². The molecule has 0 fully saturated rings. The monoisotopic (exact) mass is 309 g/mol. The highest BCUT2D eigenvalue weighted by molar-refractivity contribution is 5.94. The first-order valence-corrected chi connectivity index (χ1v) is 7.06. The Kier molecular flexibility index (Phi) is 4.01. The lowest BCUT2D eigenvalue weighted by Gasteiger charge is -2.11. The summed E-state index contributed by atoms with van der Waals surface area (Å²) in [5, 5.41) is 19.1. The van der Waals surface area contributed by atoms with Crippen molar-refractivity contribution in [2.75, 3.05) is 0 Å². The molecule has 116 valence electrons. The predicted molar refractivity (Wildman–Crippen MR) is 83.6 cm³/mol. The van der Waals surface area contributed by atoms with Crippen molar-refractivity contribution < 1.29 is 9.90 Å². The normalized spacial score (nSPS) is 11.9. The van der Waals surface area contributed by atoms with Crippen LogP contribution in [0.2, 0.25) is 0 Å². The molecule has 0 bridgehead atoms. The molecule has 0 saturated heterocycles. The molecule has 2 aromatic heterocycles. The van der Waals surface area contributed by atoms with Gasteiger partial charge in [0.15, 0.2) is 5.82 Å². The maximum absolute atomic E-state index is 12.2. The van der Waals surface area contributed by atoms with Crippen molar-refractivity contribution >= 4 is 5.91 Å². The minimum Gasteiger partial charge on any atom is -0.508 e. The van der Waals surface area contributed by atoms with Crippen LogP contribution in [0.25, 0.3) is 11.4 Å². The van der Waals surface area contributed by atoms with Gasteiger partial charge >= 0.3 is 0 Å². The molecule has 7 nitrogen and oxygen atoms in total. The fraction of sp³-hybridized carbons (Fsp3) is 0.125. The van der Waals surface area contributed by atoms with Crippen LogP contribution in [0.3, 0.4) is 0 Å². The second-order valence-electron chi connectivity index (χ2n) is 5.02. The Morgan fingerprint density at radius 1 is 1.17 bits per heavy atom. The fourth-order valence-corrected chi connectivity index (χ4v) is 2.06. The number of nitrogens with zero attached hydrogens (tertiary/aromatic N) is 3. The van der Waals surface area contributed by atoms with Gasteiger partial charge in [0.1, 0.15) is 11.6 Å². The number of H-pyrrole nitrogens is 1. The molecule has 0 unspecified atom stereocenters. The topological polar surface area (TPSA) is 104 Å². The predicted octanol–water partition coefficient (Wildman–Crippen LogP) is 2.06. The highest BCUT2D eigenvalue weighted by Crippen LogP contribution is 2.16. The van der Waals surface area contributed by atoms with Gasteiger partial charge in [0.05, 0.1) is 6.04 Å². The molecule has 0 aliphatic carbocycles. The Morgan fingerprint density at radius 3 is 2.57 bits per heavy atom. The molecule has 3 aromatic rings. The van der Waals surface area contributed by atoms with E-state index in [1.165, 1.54) is 12.1 Å². The van der Waals surface area contributed by atoms with E-state index in [0.29, 0.717) is 17.2 Å². The Balaban J connectivity index is 1.71. The van der Waals surface area contributed by atoms with Crippen molar-refractivity contribution in [1.82, 2.24) is 25.5 Å². The minimum absolute atomic E-state index is 0.117. The zero-order valence-corrected chi connectivity index (χ0v) is 12.4. The number of amides is 1. The van der Waals surface area contributed by atoms with E-state index in [4.69, 9.17) is 0 Å². The molecule has 1 amide bonds. The molecule has 0 saturated carbocycles. The highest BCUT2D eigenvalue weighted by atomic mass is 16.3. The first kappa shape index (κ1) is 14.7. The van der Waals surface area contributed by atoms with Crippen molar-refractivity contribution in [2.45, 2.75) is 13.0 Å². The van der Waals surface area contributed by atoms with Crippen molar-refractivity contribution in [3.63, 3.8) is 0 Å². The van der Waals surface area contributed by atoms with Crippen LogP contribution in [0.1, 0.15) is 29.1 Å². The Hall–Kier alpha value is -3.22. The van der Waals surface area contributed by atoms with Gasteiger partial charge in [-0.25, -0.2) is 4.98 Å². The van der Waals surface area contributed by atoms with Crippen molar-refractivity contribution in [1.29, 1.82) is 0 Å². The first-order valence-electron chi connectivity index (χ1n) is 7.06. The Labute approximate surface area is 132 Å². The highest BCUT2D eigenvalue weighted by Gasteiger charge is 2.15. The SMILES string of the molecule is C[C@H](NC(=O)c1ccc(O)cc1)c1nc(-c2ccncc2)n[nH]1. The summed E-state index contributed by atoms with van der Waals surface area (Å²) in [7, 11) is 0. The number of hydrogen-bond acceptors (Lipinski definition) is 5. The van der Waals surface area contributed by atoms with E-state index in [1.807, 2.05) is 19.1 Å². The van der Waals surface area contributed by atoms with Crippen LogP contribution < -0.4 is 5.32 Å². The molecule has 0 aliphatic heterocycles. The fourth-order valence-electron chi connectivity index (χ4n) is 2.06. The van der Waals surface area contributed by atoms with Gasteiger partial charge < -0.3 is 10.4 Å². The third-order valence-corrected chi connectivity index (χ3v) is 3.33. The van der Waals surface area contributed by atoms with Crippen LogP contribution in [-0.2, 0) is 0 Å². The van der Waals surface area contributed by atoms with Gasteiger partial charge in [-0.15, -0.1) is 0 Å². The molecule has 1 atom stereocenters. The lowest BCUT2D eigenvalue weighted by molar-refractivity contribution is 0.0938. The summed E-state index contributed by atoms with van der Waals surface area (Å²) in [4.78, 5) is 20.5. The lowest BCUT2D eigenvalue weighted by Crippen LogP contribution is -2.27. The molecular weight excluding hydrogens is 294 g/mol. The van der Waals surface area contributed by atoms with E-state index in [9.17, 15) is 9.90 Å². The van der Waals surface area contributed by atoms with Crippen LogP contribution in [0, 0.1) is 0 Å². The maximum Gasteiger partial charge on any atom is 0.251 e. The van der Waals surface area contributed by atoms with E-state index < -0.39 is 0 Å². The second kappa shape index (κ2) is 6.27. The van der Waals surface area contributed by atoms with Crippen molar-refractivity contribution in [3.05, 3.63) is 60.2 Å². The number of aromatic nitrogens is 4. The molecule has 3 rings (SSSR count). The molecule has 1 aromatic carbocycles. The minimum atomic E-state index is -0.334. The molecule has 2 heterocycles. The summed E-state index contributed by atoms with van der Waals surface area (Å²) in [5.41, 5.74) is 1.31. The maximum atomic E-state index is 12.2. The number of benzene rings is 1. The third-order valence-electron chi connectivity index (χ3n) is 3.33.